The molecule has 0 atom stereocenters. The van der Waals surface area contributed by atoms with Gasteiger partial charge in [0.15, 0.2) is 6.61 Å². The molecule has 0 heterocycles. The van der Waals surface area contributed by atoms with Crippen LogP contribution in [-0.2, 0) is 14.3 Å². The van der Waals surface area contributed by atoms with Crippen LogP contribution in [-0.4, -0.2) is 24.3 Å². The van der Waals surface area contributed by atoms with Crippen LogP contribution < -0.4 is 5.32 Å². The average molecular weight is 516 g/mol. The number of rotatable bonds is 10. The molecule has 0 aliphatic heterocycles. The zero-order valence-electron chi connectivity index (χ0n) is 18.5. The van der Waals surface area contributed by atoms with Crippen molar-refractivity contribution in [1.29, 1.82) is 0 Å². The standard InChI is InChI=1S/C26H23Cl2NO4S/c1-17-5-10-20(11-6-17)34-21-12-8-19(9-13-21)29-25(31)3-2-4-26(32)33-16-24(30)22-14-7-18(27)15-23(22)28/h5-15H,2-4,16H2,1H3,(H,29,31). The second-order valence-electron chi connectivity index (χ2n) is 7.55. The molecular formula is C26H23Cl2NO4S. The first-order chi connectivity index (χ1) is 16.3. The van der Waals surface area contributed by atoms with E-state index in [0.717, 1.165) is 9.79 Å². The molecule has 8 heteroatoms. The van der Waals surface area contributed by atoms with Gasteiger partial charge in [0.1, 0.15) is 0 Å². The number of hydrogen-bond acceptors (Lipinski definition) is 5. The Labute approximate surface area is 212 Å². The van der Waals surface area contributed by atoms with Crippen molar-refractivity contribution in [3.05, 3.63) is 87.9 Å². The predicted octanol–water partition coefficient (Wildman–Crippen LogP) is 6.99. The third kappa shape index (κ3) is 8.20. The van der Waals surface area contributed by atoms with Crippen molar-refractivity contribution in [1.82, 2.24) is 0 Å². The van der Waals surface area contributed by atoms with E-state index in [0.29, 0.717) is 17.1 Å². The maximum absolute atomic E-state index is 12.2. The largest absolute Gasteiger partial charge is 0.457 e. The monoisotopic (exact) mass is 515 g/mol. The number of aryl methyl sites for hydroxylation is 1. The van der Waals surface area contributed by atoms with Crippen LogP contribution in [0.25, 0.3) is 0 Å². The third-order valence-electron chi connectivity index (χ3n) is 4.78. The zero-order chi connectivity index (χ0) is 24.5. The van der Waals surface area contributed by atoms with Crippen LogP contribution in [0.3, 0.4) is 0 Å². The molecule has 0 unspecified atom stereocenters. The first-order valence-electron chi connectivity index (χ1n) is 10.6. The van der Waals surface area contributed by atoms with E-state index in [9.17, 15) is 14.4 Å². The van der Waals surface area contributed by atoms with Crippen molar-refractivity contribution in [3.63, 3.8) is 0 Å². The summed E-state index contributed by atoms with van der Waals surface area (Å²) in [6.07, 6.45) is 0.495. The fourth-order valence-corrected chi connectivity index (χ4v) is 4.31. The molecule has 34 heavy (non-hydrogen) atoms. The fourth-order valence-electron chi connectivity index (χ4n) is 2.98. The van der Waals surface area contributed by atoms with E-state index < -0.39 is 18.4 Å². The summed E-state index contributed by atoms with van der Waals surface area (Å²) >= 11 is 13.4. The van der Waals surface area contributed by atoms with Gasteiger partial charge < -0.3 is 10.1 Å². The molecule has 0 bridgehead atoms. The molecule has 5 nitrogen and oxygen atoms in total. The molecule has 0 aliphatic rings. The van der Waals surface area contributed by atoms with Crippen LogP contribution in [0.5, 0.6) is 0 Å². The number of halogens is 2. The highest BCUT2D eigenvalue weighted by Crippen LogP contribution is 2.28. The van der Waals surface area contributed by atoms with E-state index in [1.165, 1.54) is 23.8 Å². The first-order valence-corrected chi connectivity index (χ1v) is 12.2. The van der Waals surface area contributed by atoms with Gasteiger partial charge in [-0.05, 0) is 67.9 Å². The normalized spacial score (nSPS) is 10.6. The number of hydrogen-bond donors (Lipinski definition) is 1. The summed E-state index contributed by atoms with van der Waals surface area (Å²) in [5.74, 6) is -1.17. The highest BCUT2D eigenvalue weighted by molar-refractivity contribution is 7.99. The maximum atomic E-state index is 12.2. The summed E-state index contributed by atoms with van der Waals surface area (Å²) in [7, 11) is 0. The Morgan fingerprint density at radius 3 is 2.18 bits per heavy atom. The topological polar surface area (TPSA) is 72.5 Å². The van der Waals surface area contributed by atoms with Crippen molar-refractivity contribution in [2.75, 3.05) is 11.9 Å². The van der Waals surface area contributed by atoms with Gasteiger partial charge >= 0.3 is 5.97 Å². The van der Waals surface area contributed by atoms with E-state index in [2.05, 4.69) is 36.5 Å². The van der Waals surface area contributed by atoms with Crippen LogP contribution in [0.4, 0.5) is 5.69 Å². The lowest BCUT2D eigenvalue weighted by Crippen LogP contribution is -2.15. The Kier molecular flexibility index (Phi) is 9.57. The van der Waals surface area contributed by atoms with Crippen LogP contribution in [0.1, 0.15) is 35.2 Å². The number of Topliss-reactive ketones (excluding diaryl/α,β-unsaturated/α-hetero) is 1. The van der Waals surface area contributed by atoms with Crippen LogP contribution in [0.2, 0.25) is 10.0 Å². The number of anilines is 1. The summed E-state index contributed by atoms with van der Waals surface area (Å²) < 4.78 is 5.00. The lowest BCUT2D eigenvalue weighted by Gasteiger charge is -2.08. The average Bonchev–Trinajstić information content (AvgIpc) is 2.80. The summed E-state index contributed by atoms with van der Waals surface area (Å²) in [5.41, 5.74) is 2.14. The highest BCUT2D eigenvalue weighted by atomic mass is 35.5. The van der Waals surface area contributed by atoms with Gasteiger partial charge in [-0.15, -0.1) is 0 Å². The van der Waals surface area contributed by atoms with Crippen molar-refractivity contribution in [2.45, 2.75) is 36.0 Å². The Hall–Kier alpha value is -2.80. The number of benzene rings is 3. The van der Waals surface area contributed by atoms with E-state index in [4.69, 9.17) is 27.9 Å². The van der Waals surface area contributed by atoms with Crippen LogP contribution in [0.15, 0.2) is 76.5 Å². The minimum absolute atomic E-state index is 0.0289. The van der Waals surface area contributed by atoms with Crippen molar-refractivity contribution in [2.24, 2.45) is 0 Å². The van der Waals surface area contributed by atoms with Crippen LogP contribution >= 0.6 is 35.0 Å². The molecule has 0 radical (unpaired) electrons. The number of esters is 1. The van der Waals surface area contributed by atoms with E-state index in [1.54, 1.807) is 11.8 Å². The van der Waals surface area contributed by atoms with E-state index in [-0.39, 0.29) is 29.3 Å². The Bertz CT molecular complexity index is 1160. The lowest BCUT2D eigenvalue weighted by atomic mass is 10.1. The molecule has 0 fully saturated rings. The minimum Gasteiger partial charge on any atom is -0.457 e. The highest BCUT2D eigenvalue weighted by Gasteiger charge is 2.14. The SMILES string of the molecule is Cc1ccc(Sc2ccc(NC(=O)CCCC(=O)OCC(=O)c3ccc(Cl)cc3Cl)cc2)cc1. The molecule has 3 aromatic carbocycles. The number of ether oxygens (including phenoxy) is 1. The molecule has 0 spiro atoms. The van der Waals surface area contributed by atoms with Crippen molar-refractivity contribution in [3.8, 4) is 0 Å². The lowest BCUT2D eigenvalue weighted by molar-refractivity contribution is -0.142. The van der Waals surface area contributed by atoms with Gasteiger partial charge in [0.25, 0.3) is 0 Å². The quantitative estimate of drug-likeness (QED) is 0.232. The predicted molar refractivity (Wildman–Crippen MR) is 136 cm³/mol. The Morgan fingerprint density at radius 2 is 1.53 bits per heavy atom. The molecular weight excluding hydrogens is 493 g/mol. The first kappa shape index (κ1) is 25.8. The number of ketones is 1. The Morgan fingerprint density at radius 1 is 0.882 bits per heavy atom. The van der Waals surface area contributed by atoms with Gasteiger partial charge in [0.2, 0.25) is 11.7 Å². The van der Waals surface area contributed by atoms with Gasteiger partial charge in [-0.1, -0.05) is 52.7 Å². The molecule has 0 saturated heterocycles. The molecule has 0 saturated carbocycles. The van der Waals surface area contributed by atoms with Gasteiger partial charge in [-0.2, -0.15) is 0 Å². The summed E-state index contributed by atoms with van der Waals surface area (Å²) in [6, 6.07) is 20.3. The van der Waals surface area contributed by atoms with E-state index >= 15 is 0 Å². The summed E-state index contributed by atoms with van der Waals surface area (Å²) in [4.78, 5) is 38.4. The molecule has 1 amide bonds. The number of nitrogens with one attached hydrogen (secondary N) is 1. The van der Waals surface area contributed by atoms with Gasteiger partial charge in [-0.25, -0.2) is 0 Å². The molecule has 176 valence electrons. The summed E-state index contributed by atoms with van der Waals surface area (Å²) in [5, 5.41) is 3.43. The minimum atomic E-state index is -0.552. The molecule has 0 aliphatic carbocycles. The fraction of sp³-hybridized carbons (Fsp3) is 0.192. The number of amides is 1. The maximum Gasteiger partial charge on any atom is 0.306 e. The van der Waals surface area contributed by atoms with Crippen molar-refractivity contribution >= 4 is 58.3 Å². The molecule has 3 aromatic rings. The number of carbonyl (C=O) groups is 3. The second kappa shape index (κ2) is 12.6. The Balaban J connectivity index is 1.36. The molecule has 0 aromatic heterocycles. The number of carbonyl (C=O) groups excluding carboxylic acids is 3. The van der Waals surface area contributed by atoms with Crippen molar-refractivity contribution < 1.29 is 19.1 Å². The van der Waals surface area contributed by atoms with Gasteiger partial charge in [0, 0.05) is 38.9 Å². The van der Waals surface area contributed by atoms with E-state index in [1.807, 2.05) is 24.3 Å². The van der Waals surface area contributed by atoms with Gasteiger partial charge in [-0.3, -0.25) is 14.4 Å². The smallest absolute Gasteiger partial charge is 0.306 e. The molecule has 3 rings (SSSR count). The second-order valence-corrected chi connectivity index (χ2v) is 9.54. The van der Waals surface area contributed by atoms with Crippen LogP contribution in [0, 0.1) is 6.92 Å². The summed E-state index contributed by atoms with van der Waals surface area (Å²) in [6.45, 7) is 1.63. The van der Waals surface area contributed by atoms with Gasteiger partial charge in [0.05, 0.1) is 5.02 Å². The molecule has 1 N–H and O–H groups in total. The third-order valence-corrected chi connectivity index (χ3v) is 6.34. The zero-order valence-corrected chi connectivity index (χ0v) is 20.8.